The van der Waals surface area contributed by atoms with Crippen LogP contribution in [0.4, 0.5) is 0 Å². The molecule has 1 aromatic rings. The molecule has 4 nitrogen and oxygen atoms in total. The maximum absolute atomic E-state index is 5.86. The number of likely N-dealkylation sites (N-methyl/N-ethyl adjacent to an activating group) is 2. The minimum Gasteiger partial charge on any atom is -0.323 e. The van der Waals surface area contributed by atoms with Gasteiger partial charge in [-0.25, -0.2) is 4.98 Å². The molecule has 2 rings (SSSR count). The largest absolute Gasteiger partial charge is 0.323 e. The van der Waals surface area contributed by atoms with E-state index in [9.17, 15) is 0 Å². The fourth-order valence-corrected chi connectivity index (χ4v) is 3.10. The summed E-state index contributed by atoms with van der Waals surface area (Å²) in [5, 5.41) is 1.21. The maximum atomic E-state index is 5.86. The molecule has 1 aromatic heterocycles. The fraction of sp³-hybridized carbons (Fsp3) is 0.750. The van der Waals surface area contributed by atoms with Crippen LogP contribution in [0.1, 0.15) is 22.9 Å². The fourth-order valence-electron chi connectivity index (χ4n) is 2.15. The Morgan fingerprint density at radius 3 is 2.94 bits per heavy atom. The van der Waals surface area contributed by atoms with Crippen molar-refractivity contribution >= 4 is 11.3 Å². The van der Waals surface area contributed by atoms with Crippen LogP contribution < -0.4 is 5.73 Å². The third-order valence-electron chi connectivity index (χ3n) is 3.41. The zero-order valence-electron chi connectivity index (χ0n) is 10.9. The Hall–Kier alpha value is -0.490. The summed E-state index contributed by atoms with van der Waals surface area (Å²) >= 11 is 1.76. The van der Waals surface area contributed by atoms with E-state index in [4.69, 9.17) is 5.73 Å². The Labute approximate surface area is 107 Å². The summed E-state index contributed by atoms with van der Waals surface area (Å²) in [6, 6.07) is 0.689. The lowest BCUT2D eigenvalue weighted by Crippen LogP contribution is -2.50. The van der Waals surface area contributed by atoms with Gasteiger partial charge in [0.15, 0.2) is 0 Å². The highest BCUT2D eigenvalue weighted by Gasteiger charge is 2.23. The van der Waals surface area contributed by atoms with E-state index < -0.39 is 0 Å². The molecular weight excluding hydrogens is 232 g/mol. The second-order valence-electron chi connectivity index (χ2n) is 5.05. The summed E-state index contributed by atoms with van der Waals surface area (Å²) in [6.45, 7) is 5.45. The molecule has 0 aromatic carbocycles. The van der Waals surface area contributed by atoms with E-state index in [0.29, 0.717) is 6.04 Å². The van der Waals surface area contributed by atoms with Gasteiger partial charge in [-0.2, -0.15) is 0 Å². The Bertz CT molecular complexity index is 363. The first kappa shape index (κ1) is 13.0. The Morgan fingerprint density at radius 1 is 1.53 bits per heavy atom. The summed E-state index contributed by atoms with van der Waals surface area (Å²) in [5.41, 5.74) is 5.86. The number of hydrogen-bond acceptors (Lipinski definition) is 5. The van der Waals surface area contributed by atoms with Gasteiger partial charge in [-0.1, -0.05) is 0 Å². The topological polar surface area (TPSA) is 45.4 Å². The van der Waals surface area contributed by atoms with E-state index in [1.807, 2.05) is 13.1 Å². The van der Waals surface area contributed by atoms with Crippen molar-refractivity contribution in [2.75, 3.05) is 33.7 Å². The first-order chi connectivity index (χ1) is 8.06. The zero-order valence-corrected chi connectivity index (χ0v) is 11.7. The molecule has 0 radical (unpaired) electrons. The van der Waals surface area contributed by atoms with Crippen LogP contribution in [0.2, 0.25) is 0 Å². The summed E-state index contributed by atoms with van der Waals surface area (Å²) in [7, 11) is 4.40. The average molecular weight is 254 g/mol. The van der Waals surface area contributed by atoms with E-state index in [-0.39, 0.29) is 6.04 Å². The third kappa shape index (κ3) is 3.25. The van der Waals surface area contributed by atoms with E-state index in [1.165, 1.54) is 9.88 Å². The van der Waals surface area contributed by atoms with Crippen molar-refractivity contribution in [1.29, 1.82) is 0 Å². The lowest BCUT2D eigenvalue weighted by atomic mass is 10.1. The molecule has 1 saturated heterocycles. The third-order valence-corrected chi connectivity index (χ3v) is 4.63. The van der Waals surface area contributed by atoms with Crippen molar-refractivity contribution in [3.63, 3.8) is 0 Å². The number of aromatic nitrogens is 1. The standard InChI is InChI=1S/C12H22N4S/c1-9(13)11-7-14-12(17-11)6-10-8-15(2)4-5-16(10)3/h7,9-10H,4-6,8,13H2,1-3H3. The predicted molar refractivity (Wildman–Crippen MR) is 72.3 cm³/mol. The van der Waals surface area contributed by atoms with Crippen LogP contribution >= 0.6 is 11.3 Å². The Kier molecular flexibility index (Phi) is 4.14. The smallest absolute Gasteiger partial charge is 0.0944 e. The lowest BCUT2D eigenvalue weighted by molar-refractivity contribution is 0.114. The molecule has 17 heavy (non-hydrogen) atoms. The van der Waals surface area contributed by atoms with Crippen LogP contribution in [0.15, 0.2) is 6.20 Å². The number of rotatable bonds is 3. The summed E-state index contributed by atoms with van der Waals surface area (Å²) < 4.78 is 0. The quantitative estimate of drug-likeness (QED) is 0.872. The van der Waals surface area contributed by atoms with Gasteiger partial charge < -0.3 is 15.5 Å². The predicted octanol–water partition coefficient (Wildman–Crippen LogP) is 0.951. The molecule has 0 saturated carbocycles. The molecule has 0 amide bonds. The van der Waals surface area contributed by atoms with Gasteiger partial charge in [0.1, 0.15) is 0 Å². The second-order valence-corrected chi connectivity index (χ2v) is 6.19. The summed E-state index contributed by atoms with van der Waals surface area (Å²) in [5.74, 6) is 0. The first-order valence-corrected chi connectivity index (χ1v) is 6.97. The molecule has 0 bridgehead atoms. The van der Waals surface area contributed by atoms with Crippen molar-refractivity contribution < 1.29 is 0 Å². The molecule has 0 aliphatic carbocycles. The van der Waals surface area contributed by atoms with Gasteiger partial charge in [-0.3, -0.25) is 0 Å². The normalized spacial score (nSPS) is 25.1. The monoisotopic (exact) mass is 254 g/mol. The van der Waals surface area contributed by atoms with Gasteiger partial charge >= 0.3 is 0 Å². The van der Waals surface area contributed by atoms with Crippen LogP contribution in [0.5, 0.6) is 0 Å². The zero-order chi connectivity index (χ0) is 12.4. The van der Waals surface area contributed by atoms with Gasteiger partial charge in [0.05, 0.1) is 5.01 Å². The van der Waals surface area contributed by atoms with E-state index in [2.05, 4.69) is 28.9 Å². The average Bonchev–Trinajstić information content (AvgIpc) is 2.72. The Morgan fingerprint density at radius 2 is 2.29 bits per heavy atom. The number of hydrogen-bond donors (Lipinski definition) is 1. The number of nitrogens with zero attached hydrogens (tertiary/aromatic N) is 3. The van der Waals surface area contributed by atoms with Crippen molar-refractivity contribution in [1.82, 2.24) is 14.8 Å². The van der Waals surface area contributed by atoms with Gasteiger partial charge in [0, 0.05) is 49.2 Å². The highest BCUT2D eigenvalue weighted by Crippen LogP contribution is 2.21. The minimum atomic E-state index is 0.105. The van der Waals surface area contributed by atoms with Crippen molar-refractivity contribution in [3.8, 4) is 0 Å². The molecule has 2 N–H and O–H groups in total. The molecule has 0 spiro atoms. The highest BCUT2D eigenvalue weighted by molar-refractivity contribution is 7.11. The van der Waals surface area contributed by atoms with Crippen LogP contribution in [0, 0.1) is 0 Å². The number of thiazole rings is 1. The molecule has 1 fully saturated rings. The van der Waals surface area contributed by atoms with Crippen LogP contribution in [-0.2, 0) is 6.42 Å². The number of piperazine rings is 1. The SMILES string of the molecule is CC(N)c1cnc(CC2CN(C)CCN2C)s1. The summed E-state index contributed by atoms with van der Waals surface area (Å²) in [4.78, 5) is 10.5. The van der Waals surface area contributed by atoms with Gasteiger partial charge in [0.2, 0.25) is 0 Å². The molecule has 2 unspecified atom stereocenters. The number of nitrogens with two attached hydrogens (primary N) is 1. The minimum absolute atomic E-state index is 0.105. The van der Waals surface area contributed by atoms with E-state index in [0.717, 1.165) is 26.1 Å². The summed E-state index contributed by atoms with van der Waals surface area (Å²) in [6.07, 6.45) is 2.97. The first-order valence-electron chi connectivity index (χ1n) is 6.15. The molecule has 96 valence electrons. The maximum Gasteiger partial charge on any atom is 0.0944 e. The van der Waals surface area contributed by atoms with E-state index in [1.54, 1.807) is 11.3 Å². The van der Waals surface area contributed by atoms with Crippen LogP contribution in [-0.4, -0.2) is 54.6 Å². The van der Waals surface area contributed by atoms with Crippen molar-refractivity contribution in [2.24, 2.45) is 5.73 Å². The lowest BCUT2D eigenvalue weighted by Gasteiger charge is -2.37. The molecular formula is C12H22N4S. The van der Waals surface area contributed by atoms with Crippen molar-refractivity contribution in [3.05, 3.63) is 16.1 Å². The molecule has 5 heteroatoms. The molecule has 1 aliphatic rings. The highest BCUT2D eigenvalue weighted by atomic mass is 32.1. The van der Waals surface area contributed by atoms with Crippen molar-refractivity contribution in [2.45, 2.75) is 25.4 Å². The molecule has 2 heterocycles. The van der Waals surface area contributed by atoms with Crippen LogP contribution in [0.25, 0.3) is 0 Å². The van der Waals surface area contributed by atoms with Gasteiger partial charge in [-0.15, -0.1) is 11.3 Å². The van der Waals surface area contributed by atoms with Gasteiger partial charge in [-0.05, 0) is 21.0 Å². The van der Waals surface area contributed by atoms with Crippen LogP contribution in [0.3, 0.4) is 0 Å². The molecule has 1 aliphatic heterocycles. The van der Waals surface area contributed by atoms with Gasteiger partial charge in [0.25, 0.3) is 0 Å². The molecule has 2 atom stereocenters. The Balaban J connectivity index is 1.98. The van der Waals surface area contributed by atoms with E-state index >= 15 is 0 Å². The second kappa shape index (κ2) is 5.44.